The summed E-state index contributed by atoms with van der Waals surface area (Å²) in [7, 11) is -3.29. The summed E-state index contributed by atoms with van der Waals surface area (Å²) < 4.78 is 23.2. The van der Waals surface area contributed by atoms with Crippen LogP contribution >= 0.6 is 0 Å². The van der Waals surface area contributed by atoms with Crippen molar-refractivity contribution in [3.05, 3.63) is 0 Å². The van der Waals surface area contributed by atoms with Gasteiger partial charge in [-0.05, 0) is 27.2 Å². The fourth-order valence-corrected chi connectivity index (χ4v) is 2.88. The van der Waals surface area contributed by atoms with E-state index >= 15 is 0 Å². The lowest BCUT2D eigenvalue weighted by Crippen LogP contribution is -2.35. The van der Waals surface area contributed by atoms with Gasteiger partial charge in [0.15, 0.2) is 9.84 Å². The van der Waals surface area contributed by atoms with Gasteiger partial charge in [-0.3, -0.25) is 4.79 Å². The molecule has 0 aromatic heterocycles. The van der Waals surface area contributed by atoms with Crippen molar-refractivity contribution in [3.63, 3.8) is 0 Å². The molecular formula is C9H18O4S. The number of sulfone groups is 1. The van der Waals surface area contributed by atoms with Gasteiger partial charge in [0.05, 0.1) is 16.4 Å². The number of hydrogen-bond donors (Lipinski definition) is 1. The van der Waals surface area contributed by atoms with E-state index in [2.05, 4.69) is 0 Å². The Hall–Kier alpha value is -0.580. The Morgan fingerprint density at radius 3 is 2.14 bits per heavy atom. The first kappa shape index (κ1) is 13.4. The highest BCUT2D eigenvalue weighted by Crippen LogP contribution is 2.21. The minimum Gasteiger partial charge on any atom is -0.481 e. The molecule has 0 spiro atoms. The van der Waals surface area contributed by atoms with Gasteiger partial charge in [-0.15, -0.1) is 0 Å². The monoisotopic (exact) mass is 222 g/mol. The first-order chi connectivity index (χ1) is 6.13. The molecule has 0 bridgehead atoms. The highest BCUT2D eigenvalue weighted by Gasteiger charge is 2.35. The first-order valence-electron chi connectivity index (χ1n) is 4.58. The zero-order valence-electron chi connectivity index (χ0n) is 9.07. The maximum Gasteiger partial charge on any atom is 0.310 e. The highest BCUT2D eigenvalue weighted by molar-refractivity contribution is 7.92. The molecule has 0 rings (SSSR count). The third kappa shape index (κ3) is 3.29. The second-order valence-electron chi connectivity index (χ2n) is 4.22. The van der Waals surface area contributed by atoms with Gasteiger partial charge >= 0.3 is 5.97 Å². The lowest BCUT2D eigenvalue weighted by Gasteiger charge is -2.21. The summed E-state index contributed by atoms with van der Waals surface area (Å²) in [5.74, 6) is -1.38. The average Bonchev–Trinajstić information content (AvgIpc) is 2.00. The molecule has 84 valence electrons. The zero-order valence-corrected chi connectivity index (χ0v) is 9.89. The molecule has 0 amide bonds. The van der Waals surface area contributed by atoms with Crippen LogP contribution in [0.15, 0.2) is 0 Å². The summed E-state index contributed by atoms with van der Waals surface area (Å²) in [4.78, 5) is 10.7. The summed E-state index contributed by atoms with van der Waals surface area (Å²) in [6, 6.07) is 0. The van der Waals surface area contributed by atoms with Gasteiger partial charge in [-0.25, -0.2) is 8.42 Å². The average molecular weight is 222 g/mol. The smallest absolute Gasteiger partial charge is 0.310 e. The van der Waals surface area contributed by atoms with Crippen molar-refractivity contribution in [2.75, 3.05) is 5.75 Å². The van der Waals surface area contributed by atoms with Crippen LogP contribution in [0.4, 0.5) is 0 Å². The van der Waals surface area contributed by atoms with Gasteiger partial charge in [0.25, 0.3) is 0 Å². The molecule has 0 saturated heterocycles. The second kappa shape index (κ2) is 4.29. The maximum absolute atomic E-state index is 11.6. The minimum atomic E-state index is -3.29. The molecule has 4 nitrogen and oxygen atoms in total. The molecule has 0 aliphatic rings. The lowest BCUT2D eigenvalue weighted by molar-refractivity contribution is -0.145. The Morgan fingerprint density at radius 2 is 1.86 bits per heavy atom. The topological polar surface area (TPSA) is 71.4 Å². The van der Waals surface area contributed by atoms with E-state index in [-0.39, 0.29) is 5.75 Å². The lowest BCUT2D eigenvalue weighted by atomic mass is 9.97. The van der Waals surface area contributed by atoms with Crippen LogP contribution in [0.2, 0.25) is 0 Å². The van der Waals surface area contributed by atoms with Gasteiger partial charge in [-0.1, -0.05) is 6.92 Å². The van der Waals surface area contributed by atoms with E-state index in [0.29, 0.717) is 6.42 Å². The fourth-order valence-electron chi connectivity index (χ4n) is 0.961. The summed E-state index contributed by atoms with van der Waals surface area (Å²) in [6.07, 6.45) is 0.512. The number of carbonyl (C=O) groups is 1. The van der Waals surface area contributed by atoms with E-state index in [1.54, 1.807) is 13.8 Å². The van der Waals surface area contributed by atoms with E-state index in [0.717, 1.165) is 0 Å². The zero-order chi connectivity index (χ0) is 11.6. The Bertz CT molecular complexity index is 303. The van der Waals surface area contributed by atoms with Crippen LogP contribution in [0.1, 0.15) is 34.1 Å². The Kier molecular flexibility index (Phi) is 4.12. The number of rotatable bonds is 5. The second-order valence-corrected chi connectivity index (χ2v) is 6.63. The van der Waals surface area contributed by atoms with Crippen LogP contribution in [0.5, 0.6) is 0 Å². The van der Waals surface area contributed by atoms with Crippen LogP contribution < -0.4 is 0 Å². The molecule has 0 aliphatic heterocycles. The van der Waals surface area contributed by atoms with Crippen molar-refractivity contribution < 1.29 is 18.3 Å². The molecule has 14 heavy (non-hydrogen) atoms. The summed E-state index contributed by atoms with van der Waals surface area (Å²) in [5, 5.41) is 8.32. The van der Waals surface area contributed by atoms with Crippen LogP contribution in [0.25, 0.3) is 0 Å². The Labute approximate surface area is 85.2 Å². The molecule has 0 fully saturated rings. The normalized spacial score (nSPS) is 15.1. The van der Waals surface area contributed by atoms with E-state index in [1.165, 1.54) is 13.8 Å². The van der Waals surface area contributed by atoms with Gasteiger partial charge < -0.3 is 5.11 Å². The van der Waals surface area contributed by atoms with Crippen molar-refractivity contribution in [3.8, 4) is 0 Å². The Morgan fingerprint density at radius 1 is 1.43 bits per heavy atom. The van der Waals surface area contributed by atoms with Crippen molar-refractivity contribution in [2.24, 2.45) is 5.41 Å². The standard InChI is InChI=1S/C9H18O4S/c1-5-7(2)14(12,13)6-9(3,4)8(10)11/h7H,5-6H2,1-4H3,(H,10,11). The number of carboxylic acids is 1. The molecule has 1 atom stereocenters. The largest absolute Gasteiger partial charge is 0.481 e. The molecule has 0 saturated carbocycles. The predicted octanol–water partition coefficient (Wildman–Crippen LogP) is 1.31. The quantitative estimate of drug-likeness (QED) is 0.761. The number of aliphatic carboxylic acids is 1. The molecule has 0 aromatic carbocycles. The molecule has 0 heterocycles. The van der Waals surface area contributed by atoms with Gasteiger partial charge in [0.2, 0.25) is 0 Å². The number of hydrogen-bond acceptors (Lipinski definition) is 3. The van der Waals surface area contributed by atoms with Crippen LogP contribution in [0.3, 0.4) is 0 Å². The molecule has 0 radical (unpaired) electrons. The molecule has 0 aliphatic carbocycles. The van der Waals surface area contributed by atoms with Crippen molar-refractivity contribution in [1.29, 1.82) is 0 Å². The fraction of sp³-hybridized carbons (Fsp3) is 0.889. The third-order valence-electron chi connectivity index (χ3n) is 2.33. The predicted molar refractivity (Wildman–Crippen MR) is 55.0 cm³/mol. The third-order valence-corrected chi connectivity index (χ3v) is 5.01. The van der Waals surface area contributed by atoms with Crippen molar-refractivity contribution in [1.82, 2.24) is 0 Å². The first-order valence-corrected chi connectivity index (χ1v) is 6.30. The molecule has 5 heteroatoms. The number of carboxylic acid groups (broad SMARTS) is 1. The Balaban J connectivity index is 4.77. The molecule has 0 aromatic rings. The van der Waals surface area contributed by atoms with Gasteiger partial charge in [-0.2, -0.15) is 0 Å². The minimum absolute atomic E-state index is 0.301. The van der Waals surface area contributed by atoms with E-state index in [1.807, 2.05) is 0 Å². The molecule has 1 N–H and O–H groups in total. The van der Waals surface area contributed by atoms with Crippen LogP contribution in [-0.4, -0.2) is 30.5 Å². The summed E-state index contributed by atoms with van der Waals surface area (Å²) in [6.45, 7) is 6.23. The van der Waals surface area contributed by atoms with E-state index in [9.17, 15) is 13.2 Å². The maximum atomic E-state index is 11.6. The SMILES string of the molecule is CCC(C)S(=O)(=O)CC(C)(C)C(=O)O. The van der Waals surface area contributed by atoms with Gasteiger partial charge in [0.1, 0.15) is 0 Å². The van der Waals surface area contributed by atoms with Crippen molar-refractivity contribution >= 4 is 15.8 Å². The summed E-state index contributed by atoms with van der Waals surface area (Å²) >= 11 is 0. The van der Waals surface area contributed by atoms with Crippen LogP contribution in [-0.2, 0) is 14.6 Å². The van der Waals surface area contributed by atoms with Crippen LogP contribution in [0, 0.1) is 5.41 Å². The van der Waals surface area contributed by atoms with E-state index in [4.69, 9.17) is 5.11 Å². The van der Waals surface area contributed by atoms with E-state index < -0.39 is 26.5 Å². The van der Waals surface area contributed by atoms with Crippen molar-refractivity contribution in [2.45, 2.75) is 39.4 Å². The van der Waals surface area contributed by atoms with Gasteiger partial charge in [0, 0.05) is 0 Å². The summed E-state index contributed by atoms with van der Waals surface area (Å²) in [5.41, 5.74) is -1.21. The molecular weight excluding hydrogens is 204 g/mol. The highest BCUT2D eigenvalue weighted by atomic mass is 32.2. The molecule has 1 unspecified atom stereocenters.